The van der Waals surface area contributed by atoms with Gasteiger partial charge in [0.15, 0.2) is 0 Å². The van der Waals surface area contributed by atoms with Gasteiger partial charge in [0.1, 0.15) is 17.2 Å². The first kappa shape index (κ1) is 52.3. The molecule has 8 aromatic rings. The molecule has 0 bridgehead atoms. The number of thiocarbonyl (C=S) groups is 1. The first-order chi connectivity index (χ1) is 33.4. The predicted octanol–water partition coefficient (Wildman–Crippen LogP) is 11.7. The maximum absolute atomic E-state index is 10.8. The van der Waals surface area contributed by atoms with Crippen molar-refractivity contribution in [2.75, 3.05) is 4.90 Å². The minimum atomic E-state index is 0. The standard InChI is InChI=1S/C34H37N4.C18H11N3O6.CNS.Ru/c1-3-5-7-11-26-15-19-28(20-16-26)38(29-21-17-27(18-22-29)12-8-6-4-2)30-23-24-35-33(25-30)34-36-31-13-9-10-14-32(31)37-34;22-9-25-12-1-3-19-15(5-12)17-7-14(27-11-24)8-18(21-17)16-6-13(26-10-23)2-4-20-16;2-1-3;/h9-10,13-25H,3-8,11-12H2,1-2H3;1-11H;;/q-1;;-1;+2. The van der Waals surface area contributed by atoms with Crippen LogP contribution in [-0.4, -0.2) is 49.5 Å². The van der Waals surface area contributed by atoms with Crippen LogP contribution in [0.4, 0.5) is 17.1 Å². The van der Waals surface area contributed by atoms with Gasteiger partial charge in [0, 0.05) is 59.9 Å². The number of ether oxygens (including phenoxy) is 3. The number of anilines is 3. The molecule has 14 nitrogen and oxygen atoms in total. The number of rotatable bonds is 20. The number of pyridine rings is 4. The van der Waals surface area contributed by atoms with E-state index in [4.69, 9.17) is 29.6 Å². The third-order valence-electron chi connectivity index (χ3n) is 10.4. The molecule has 0 amide bonds. The van der Waals surface area contributed by atoms with Crippen LogP contribution in [0, 0.1) is 0 Å². The largest absolute Gasteiger partial charge is 2.00 e. The number of para-hydroxylation sites is 2. The molecule has 0 saturated carbocycles. The zero-order chi connectivity index (χ0) is 47.9. The first-order valence-corrected chi connectivity index (χ1v) is 22.4. The second kappa shape index (κ2) is 27.9. The van der Waals surface area contributed by atoms with Crippen molar-refractivity contribution < 1.29 is 48.1 Å². The SMILES string of the molecule is CCCCCc1ccc(N(c2ccc(CCCCC)cc2)c2ccnc(-c3nc4ccccc4[n-]3)c2)cc1.O=COc1ccnc(-c2cc(OC=O)cc(-c3cc(OC=O)ccn3)n2)c1.[N-]=C=S.[Ru+2]. The Labute approximate surface area is 418 Å². The fourth-order valence-corrected chi connectivity index (χ4v) is 7.18. The second-order valence-electron chi connectivity index (χ2n) is 15.1. The van der Waals surface area contributed by atoms with Crippen LogP contribution >= 0.6 is 12.2 Å². The van der Waals surface area contributed by atoms with Gasteiger partial charge in [0.05, 0.1) is 28.5 Å². The number of benzene rings is 3. The Morgan fingerprint density at radius 1 is 0.565 bits per heavy atom. The summed E-state index contributed by atoms with van der Waals surface area (Å²) in [6.07, 6.45) is 14.5. The van der Waals surface area contributed by atoms with E-state index >= 15 is 0 Å². The van der Waals surface area contributed by atoms with Gasteiger partial charge >= 0.3 is 19.5 Å². The minimum absolute atomic E-state index is 0. The Morgan fingerprint density at radius 3 is 1.52 bits per heavy atom. The Bertz CT molecular complexity index is 2770. The van der Waals surface area contributed by atoms with Gasteiger partial charge in [-0.3, -0.25) is 29.3 Å². The summed E-state index contributed by atoms with van der Waals surface area (Å²) >= 11 is 3.70. The van der Waals surface area contributed by atoms with Crippen molar-refractivity contribution in [1.82, 2.24) is 29.9 Å². The fourth-order valence-electron chi connectivity index (χ4n) is 7.18. The summed E-state index contributed by atoms with van der Waals surface area (Å²) in [6.45, 7) is 5.38. The topological polar surface area (TPSA) is 183 Å². The number of carbonyl (C=O) groups is 3. The van der Waals surface area contributed by atoms with Crippen LogP contribution < -0.4 is 24.1 Å². The number of isothiocyanates is 1. The Balaban J connectivity index is 0.000000253. The Kier molecular flexibility index (Phi) is 21.1. The molecular formula is C53H48N8O6RuS. The quantitative estimate of drug-likeness (QED) is 0.0231. The normalized spacial score (nSPS) is 10.2. The summed E-state index contributed by atoms with van der Waals surface area (Å²) in [5.74, 6) is 1.42. The third kappa shape index (κ3) is 15.2. The summed E-state index contributed by atoms with van der Waals surface area (Å²) in [5.41, 5.74) is 10.1. The maximum atomic E-state index is 10.8. The number of hydrogen-bond acceptors (Lipinski definition) is 13. The molecule has 5 aromatic heterocycles. The molecule has 0 fully saturated rings. The van der Waals surface area contributed by atoms with Crippen LogP contribution in [0.15, 0.2) is 140 Å². The molecule has 0 N–H and O–H groups in total. The molecule has 350 valence electrons. The van der Waals surface area contributed by atoms with Crippen LogP contribution in [0.3, 0.4) is 0 Å². The number of imidazole rings is 1. The van der Waals surface area contributed by atoms with Crippen molar-refractivity contribution in [3.63, 3.8) is 0 Å². The van der Waals surface area contributed by atoms with Gasteiger partial charge in [-0.1, -0.05) is 100 Å². The van der Waals surface area contributed by atoms with E-state index in [1.807, 2.05) is 30.5 Å². The van der Waals surface area contributed by atoms with Crippen molar-refractivity contribution in [2.45, 2.75) is 65.2 Å². The van der Waals surface area contributed by atoms with E-state index in [0.29, 0.717) is 41.5 Å². The Hall–Kier alpha value is -7.64. The zero-order valence-electron chi connectivity index (χ0n) is 38.0. The smallest absolute Gasteiger partial charge is 0.753 e. The maximum Gasteiger partial charge on any atom is 2.00 e. The van der Waals surface area contributed by atoms with Gasteiger partial charge in [-0.15, -0.1) is 0 Å². The van der Waals surface area contributed by atoms with E-state index in [-0.39, 0.29) is 43.2 Å². The van der Waals surface area contributed by atoms with Crippen molar-refractivity contribution in [3.8, 4) is 51.5 Å². The molecule has 5 heterocycles. The molecule has 0 aliphatic heterocycles. The van der Waals surface area contributed by atoms with Crippen molar-refractivity contribution in [2.24, 2.45) is 0 Å². The average molecular weight is 1030 g/mol. The molecule has 16 heteroatoms. The van der Waals surface area contributed by atoms with Crippen LogP contribution in [-0.2, 0) is 46.7 Å². The molecule has 0 atom stereocenters. The number of aromatic nitrogens is 6. The van der Waals surface area contributed by atoms with Crippen molar-refractivity contribution >= 4 is 64.9 Å². The van der Waals surface area contributed by atoms with E-state index in [2.05, 4.69) is 112 Å². The number of unbranched alkanes of at least 4 members (excludes halogenated alkanes) is 4. The number of fused-ring (bicyclic) bond motifs is 1. The van der Waals surface area contributed by atoms with Crippen molar-refractivity contribution in [3.05, 3.63) is 156 Å². The molecule has 69 heavy (non-hydrogen) atoms. The monoisotopic (exact) mass is 1030 g/mol. The van der Waals surface area contributed by atoms with Gasteiger partial charge in [-0.2, -0.15) is 5.16 Å². The predicted molar refractivity (Wildman–Crippen MR) is 266 cm³/mol. The summed E-state index contributed by atoms with van der Waals surface area (Å²) < 4.78 is 14.5. The van der Waals surface area contributed by atoms with Gasteiger partial charge in [0.25, 0.3) is 19.4 Å². The molecule has 3 aromatic carbocycles. The molecule has 0 radical (unpaired) electrons. The van der Waals surface area contributed by atoms with Crippen LogP contribution in [0.5, 0.6) is 17.2 Å². The van der Waals surface area contributed by atoms with E-state index in [9.17, 15) is 14.4 Å². The van der Waals surface area contributed by atoms with E-state index < -0.39 is 0 Å². The zero-order valence-corrected chi connectivity index (χ0v) is 40.5. The number of hydrogen-bond donors (Lipinski definition) is 0. The molecular weight excluding hydrogens is 978 g/mol. The Morgan fingerprint density at radius 2 is 1.03 bits per heavy atom. The average Bonchev–Trinajstić information content (AvgIpc) is 3.81. The van der Waals surface area contributed by atoms with Crippen LogP contribution in [0.1, 0.15) is 63.5 Å². The third-order valence-corrected chi connectivity index (χ3v) is 10.4. The van der Waals surface area contributed by atoms with Gasteiger partial charge in [-0.05, 0) is 102 Å². The molecule has 8 rings (SSSR count). The molecule has 0 aliphatic rings. The van der Waals surface area contributed by atoms with E-state index in [1.165, 1.54) is 104 Å². The molecule has 0 spiro atoms. The van der Waals surface area contributed by atoms with E-state index in [1.54, 1.807) is 0 Å². The summed E-state index contributed by atoms with van der Waals surface area (Å²) in [4.78, 5) is 61.0. The van der Waals surface area contributed by atoms with Gasteiger partial charge in [0.2, 0.25) is 0 Å². The second-order valence-corrected chi connectivity index (χ2v) is 15.3. The van der Waals surface area contributed by atoms with Gasteiger partial charge in [-0.25, -0.2) is 4.98 Å². The number of carbonyl (C=O) groups excluding carboxylic acids is 3. The first-order valence-electron chi connectivity index (χ1n) is 22.0. The number of aryl methyl sites for hydroxylation is 2. The van der Waals surface area contributed by atoms with Crippen LogP contribution in [0.25, 0.3) is 50.7 Å². The van der Waals surface area contributed by atoms with Crippen LogP contribution in [0.2, 0.25) is 0 Å². The van der Waals surface area contributed by atoms with Gasteiger partial charge < -0.3 is 34.5 Å². The fraction of sp³-hybridized carbons (Fsp3) is 0.189. The molecule has 0 aliphatic carbocycles. The summed E-state index contributed by atoms with van der Waals surface area (Å²) in [6, 6.07) is 39.2. The number of nitrogens with zero attached hydrogens (tertiary/aromatic N) is 8. The molecule has 0 saturated heterocycles. The summed E-state index contributed by atoms with van der Waals surface area (Å²) in [7, 11) is 0. The molecule has 0 unspecified atom stereocenters. The summed E-state index contributed by atoms with van der Waals surface area (Å²) in [5, 5.41) is 8.47. The van der Waals surface area contributed by atoms with E-state index in [0.717, 1.165) is 46.6 Å². The van der Waals surface area contributed by atoms with Crippen molar-refractivity contribution in [1.29, 1.82) is 0 Å². The minimum Gasteiger partial charge on any atom is -0.753 e.